The molecule has 0 atom stereocenters. The summed E-state index contributed by atoms with van der Waals surface area (Å²) >= 11 is 1.30. The number of nitrogens with one attached hydrogen (secondary N) is 1. The van der Waals surface area contributed by atoms with E-state index in [0.717, 1.165) is 23.8 Å². The Hall–Kier alpha value is -0.720. The quantitative estimate of drug-likeness (QED) is 0.421. The van der Waals surface area contributed by atoms with Gasteiger partial charge in [-0.2, -0.15) is 0 Å². The topological polar surface area (TPSA) is 67.1 Å². The van der Waals surface area contributed by atoms with E-state index in [1.807, 2.05) is 0 Å². The summed E-state index contributed by atoms with van der Waals surface area (Å²) in [5.74, 6) is 5.35. The van der Waals surface area contributed by atoms with Gasteiger partial charge in [0, 0.05) is 18.1 Å². The van der Waals surface area contributed by atoms with Crippen molar-refractivity contribution < 1.29 is 0 Å². The van der Waals surface area contributed by atoms with Crippen LogP contribution in [0.4, 0.5) is 5.00 Å². The Kier molecular flexibility index (Phi) is 5.52. The maximum atomic E-state index is 5.35. The molecule has 0 fully saturated rings. The van der Waals surface area contributed by atoms with Gasteiger partial charge in [0.05, 0.1) is 0 Å². The molecule has 0 saturated carbocycles. The second kappa shape index (κ2) is 6.71. The molecule has 5 nitrogen and oxygen atoms in total. The fourth-order valence-corrected chi connectivity index (χ4v) is 1.87. The lowest BCUT2D eigenvalue weighted by molar-refractivity contribution is 0.315. The molecule has 0 spiro atoms. The van der Waals surface area contributed by atoms with Gasteiger partial charge in [-0.15, -0.1) is 5.10 Å². The highest BCUT2D eigenvalue weighted by Crippen LogP contribution is 2.17. The van der Waals surface area contributed by atoms with Gasteiger partial charge in [-0.3, -0.25) is 0 Å². The Morgan fingerprint density at radius 3 is 2.93 bits per heavy atom. The summed E-state index contributed by atoms with van der Waals surface area (Å²) in [6.45, 7) is 4.11. The lowest BCUT2D eigenvalue weighted by Gasteiger charge is -2.15. The first-order valence-electron chi connectivity index (χ1n) is 5.24. The Bertz CT molecular complexity index is 275. The molecule has 0 unspecified atom stereocenters. The first-order valence-corrected chi connectivity index (χ1v) is 6.01. The summed E-state index contributed by atoms with van der Waals surface area (Å²) in [7, 11) is 2.09. The molecule has 1 aromatic heterocycles. The van der Waals surface area contributed by atoms with Crippen LogP contribution < -0.4 is 11.3 Å². The van der Waals surface area contributed by atoms with Gasteiger partial charge in [-0.05, 0) is 20.0 Å². The zero-order valence-electron chi connectivity index (χ0n) is 9.36. The smallest absolute Gasteiger partial charge is 0.148 e. The van der Waals surface area contributed by atoms with E-state index in [1.165, 1.54) is 30.8 Å². The van der Waals surface area contributed by atoms with Crippen LogP contribution in [-0.2, 0) is 6.54 Å². The molecule has 1 rings (SSSR count). The van der Waals surface area contributed by atoms with Crippen molar-refractivity contribution in [3.05, 3.63) is 5.69 Å². The zero-order chi connectivity index (χ0) is 11.1. The third kappa shape index (κ3) is 4.11. The number of hydrogen-bond acceptors (Lipinski definition) is 6. The molecule has 0 aromatic carbocycles. The minimum atomic E-state index is 0.805. The van der Waals surface area contributed by atoms with Gasteiger partial charge in [-0.25, -0.2) is 5.84 Å². The number of rotatable bonds is 7. The number of nitrogens with two attached hydrogens (primary N) is 1. The van der Waals surface area contributed by atoms with Crippen LogP contribution in [0.15, 0.2) is 0 Å². The molecule has 0 radical (unpaired) electrons. The minimum Gasteiger partial charge on any atom is -0.313 e. The number of anilines is 1. The van der Waals surface area contributed by atoms with Crippen LogP contribution >= 0.6 is 11.5 Å². The van der Waals surface area contributed by atoms with E-state index < -0.39 is 0 Å². The Balaban J connectivity index is 2.33. The van der Waals surface area contributed by atoms with Crippen LogP contribution in [0, 0.1) is 0 Å². The lowest BCUT2D eigenvalue weighted by Crippen LogP contribution is -2.20. The van der Waals surface area contributed by atoms with Crippen LogP contribution in [0.1, 0.15) is 31.9 Å². The van der Waals surface area contributed by atoms with Crippen molar-refractivity contribution in [3.8, 4) is 0 Å². The summed E-state index contributed by atoms with van der Waals surface area (Å²) < 4.78 is 3.86. The highest BCUT2D eigenvalue weighted by atomic mass is 32.1. The van der Waals surface area contributed by atoms with Crippen LogP contribution in [-0.4, -0.2) is 28.1 Å². The van der Waals surface area contributed by atoms with E-state index in [0.29, 0.717) is 0 Å². The van der Waals surface area contributed by atoms with Gasteiger partial charge in [0.1, 0.15) is 10.7 Å². The number of unbranched alkanes of at least 4 members (excludes halogenated alkanes) is 2. The number of nitrogens with zero attached hydrogens (tertiary/aromatic N) is 3. The van der Waals surface area contributed by atoms with Crippen LogP contribution in [0.5, 0.6) is 0 Å². The number of hydrogen-bond donors (Lipinski definition) is 2. The SMILES string of the molecule is CCCCCN(C)Cc1nnsc1NN. The molecule has 6 heteroatoms. The predicted octanol–water partition coefficient (Wildman–Crippen LogP) is 1.45. The zero-order valence-corrected chi connectivity index (χ0v) is 10.2. The highest BCUT2D eigenvalue weighted by Gasteiger charge is 2.08. The van der Waals surface area contributed by atoms with Gasteiger partial charge >= 0.3 is 0 Å². The average molecular weight is 229 g/mol. The van der Waals surface area contributed by atoms with Gasteiger partial charge in [0.2, 0.25) is 0 Å². The van der Waals surface area contributed by atoms with Crippen molar-refractivity contribution in [1.82, 2.24) is 14.5 Å². The number of hydrazine groups is 1. The third-order valence-corrected chi connectivity index (χ3v) is 2.95. The third-order valence-electron chi connectivity index (χ3n) is 2.25. The minimum absolute atomic E-state index is 0.805. The second-order valence-corrected chi connectivity index (χ2v) is 4.39. The first-order chi connectivity index (χ1) is 7.27. The van der Waals surface area contributed by atoms with Crippen molar-refractivity contribution in [2.24, 2.45) is 5.84 Å². The van der Waals surface area contributed by atoms with E-state index in [2.05, 4.69) is 33.9 Å². The number of aromatic nitrogens is 2. The summed E-state index contributed by atoms with van der Waals surface area (Å²) in [5, 5.41) is 4.90. The fourth-order valence-electron chi connectivity index (χ4n) is 1.39. The van der Waals surface area contributed by atoms with Gasteiger partial charge in [0.15, 0.2) is 0 Å². The summed E-state index contributed by atoms with van der Waals surface area (Å²) in [5.41, 5.74) is 3.55. The monoisotopic (exact) mass is 229 g/mol. The van der Waals surface area contributed by atoms with Crippen LogP contribution in [0.3, 0.4) is 0 Å². The van der Waals surface area contributed by atoms with E-state index in [1.54, 1.807) is 0 Å². The van der Waals surface area contributed by atoms with Crippen LogP contribution in [0.2, 0.25) is 0 Å². The van der Waals surface area contributed by atoms with Crippen LogP contribution in [0.25, 0.3) is 0 Å². The molecule has 3 N–H and O–H groups in total. The summed E-state index contributed by atoms with van der Waals surface area (Å²) in [6.07, 6.45) is 3.76. The van der Waals surface area contributed by atoms with Crippen molar-refractivity contribution in [2.45, 2.75) is 32.7 Å². The Morgan fingerprint density at radius 1 is 1.47 bits per heavy atom. The molecule has 1 aromatic rings. The predicted molar refractivity (Wildman–Crippen MR) is 63.6 cm³/mol. The second-order valence-electron chi connectivity index (χ2n) is 3.64. The Labute approximate surface area is 94.8 Å². The van der Waals surface area contributed by atoms with Crippen molar-refractivity contribution >= 4 is 16.5 Å². The van der Waals surface area contributed by atoms with Crippen molar-refractivity contribution in [2.75, 3.05) is 19.0 Å². The molecular weight excluding hydrogens is 210 g/mol. The molecule has 0 saturated heterocycles. The normalized spacial score (nSPS) is 10.9. The van der Waals surface area contributed by atoms with E-state index in [4.69, 9.17) is 5.84 Å². The first kappa shape index (κ1) is 12.4. The molecule has 0 aliphatic rings. The lowest BCUT2D eigenvalue weighted by atomic mass is 10.2. The van der Waals surface area contributed by atoms with Gasteiger partial charge in [0.25, 0.3) is 0 Å². The standard InChI is InChI=1S/C9H19N5S/c1-3-4-5-6-14(2)7-8-9(11-10)15-13-12-8/h11H,3-7,10H2,1-2H3. The van der Waals surface area contributed by atoms with Crippen molar-refractivity contribution in [1.29, 1.82) is 0 Å². The van der Waals surface area contributed by atoms with Crippen molar-refractivity contribution in [3.63, 3.8) is 0 Å². The largest absolute Gasteiger partial charge is 0.313 e. The van der Waals surface area contributed by atoms with E-state index in [-0.39, 0.29) is 0 Å². The molecule has 0 amide bonds. The maximum Gasteiger partial charge on any atom is 0.148 e. The van der Waals surface area contributed by atoms with Gasteiger partial charge < -0.3 is 10.3 Å². The molecule has 15 heavy (non-hydrogen) atoms. The highest BCUT2D eigenvalue weighted by molar-refractivity contribution is 7.10. The molecular formula is C9H19N5S. The maximum absolute atomic E-state index is 5.35. The average Bonchev–Trinajstić information content (AvgIpc) is 2.65. The fraction of sp³-hybridized carbons (Fsp3) is 0.778. The summed E-state index contributed by atoms with van der Waals surface area (Å²) in [6, 6.07) is 0. The molecule has 1 heterocycles. The van der Waals surface area contributed by atoms with E-state index in [9.17, 15) is 0 Å². The van der Waals surface area contributed by atoms with Gasteiger partial charge in [-0.1, -0.05) is 24.3 Å². The molecule has 0 aliphatic heterocycles. The number of nitrogen functional groups attached to an aromatic ring is 1. The molecule has 0 bridgehead atoms. The summed E-state index contributed by atoms with van der Waals surface area (Å²) in [4.78, 5) is 2.24. The molecule has 86 valence electrons. The van der Waals surface area contributed by atoms with E-state index >= 15 is 0 Å². The molecule has 0 aliphatic carbocycles. The Morgan fingerprint density at radius 2 is 2.27 bits per heavy atom.